The van der Waals surface area contributed by atoms with Crippen LogP contribution < -0.4 is 16.0 Å². The number of hydrogen-bond donors (Lipinski definition) is 3. The average molecular weight is 472 g/mol. The molecule has 0 radical (unpaired) electrons. The lowest BCUT2D eigenvalue weighted by molar-refractivity contribution is -0.114. The average Bonchev–Trinajstić information content (AvgIpc) is 3.12. The summed E-state index contributed by atoms with van der Waals surface area (Å²) in [7, 11) is 0. The van der Waals surface area contributed by atoms with Gasteiger partial charge in [-0.15, -0.1) is 11.3 Å². The number of benzene rings is 2. The first-order valence-corrected chi connectivity index (χ1v) is 11.6. The molecule has 32 heavy (non-hydrogen) atoms. The number of hydrogen-bond acceptors (Lipinski definition) is 4. The van der Waals surface area contributed by atoms with E-state index in [0.717, 1.165) is 47.4 Å². The Kier molecular flexibility index (Phi) is 6.77. The summed E-state index contributed by atoms with van der Waals surface area (Å²) in [5.74, 6) is -1.03. The molecule has 0 aliphatic heterocycles. The van der Waals surface area contributed by atoms with Gasteiger partial charge in [-0.3, -0.25) is 9.59 Å². The topological polar surface area (TPSA) is 70.2 Å². The van der Waals surface area contributed by atoms with E-state index in [2.05, 4.69) is 16.0 Å². The molecule has 3 aromatic rings. The third-order valence-electron chi connectivity index (χ3n) is 5.30. The Bertz CT molecular complexity index is 1180. The van der Waals surface area contributed by atoms with Crippen LogP contribution >= 0.6 is 22.9 Å². The molecule has 0 saturated heterocycles. The van der Waals surface area contributed by atoms with Crippen molar-refractivity contribution >= 4 is 51.1 Å². The molecule has 0 bridgehead atoms. The second-order valence-corrected chi connectivity index (χ2v) is 9.28. The number of thiophene rings is 1. The maximum Gasteiger partial charge on any atom is 0.258 e. The highest BCUT2D eigenvalue weighted by atomic mass is 35.5. The number of fused-ring (bicyclic) bond motifs is 1. The van der Waals surface area contributed by atoms with Crippen molar-refractivity contribution in [1.82, 2.24) is 0 Å². The van der Waals surface area contributed by atoms with E-state index in [0.29, 0.717) is 16.3 Å². The molecule has 2 aromatic carbocycles. The summed E-state index contributed by atoms with van der Waals surface area (Å²) in [6.07, 6.45) is 3.83. The van der Waals surface area contributed by atoms with E-state index in [1.807, 2.05) is 31.2 Å². The molecule has 0 fully saturated rings. The van der Waals surface area contributed by atoms with Gasteiger partial charge in [-0.25, -0.2) is 4.39 Å². The highest BCUT2D eigenvalue weighted by Gasteiger charge is 2.26. The zero-order valence-corrected chi connectivity index (χ0v) is 19.1. The Morgan fingerprint density at radius 3 is 2.66 bits per heavy atom. The van der Waals surface area contributed by atoms with Crippen molar-refractivity contribution in [3.8, 4) is 0 Å². The van der Waals surface area contributed by atoms with Crippen LogP contribution in [0.25, 0.3) is 0 Å². The molecule has 0 unspecified atom stereocenters. The number of carbonyl (C=O) groups excluding carboxylic acids is 2. The van der Waals surface area contributed by atoms with Crippen molar-refractivity contribution in [1.29, 1.82) is 0 Å². The predicted octanol–water partition coefficient (Wildman–Crippen LogP) is 6.03. The summed E-state index contributed by atoms with van der Waals surface area (Å²) >= 11 is 7.26. The predicted molar refractivity (Wildman–Crippen MR) is 129 cm³/mol. The maximum atomic E-state index is 13.3. The van der Waals surface area contributed by atoms with Gasteiger partial charge in [-0.05, 0) is 74.1 Å². The lowest BCUT2D eigenvalue weighted by atomic mass is 9.95. The van der Waals surface area contributed by atoms with Gasteiger partial charge in [0.1, 0.15) is 10.8 Å². The molecular formula is C24H23ClFN3O2S. The number of nitrogens with one attached hydrogen (secondary N) is 3. The molecule has 1 aromatic heterocycles. The maximum absolute atomic E-state index is 13.3. The van der Waals surface area contributed by atoms with E-state index >= 15 is 0 Å². The fraction of sp³-hybridized carbons (Fsp3) is 0.250. The van der Waals surface area contributed by atoms with Gasteiger partial charge in [0.25, 0.3) is 5.91 Å². The van der Waals surface area contributed by atoms with Crippen molar-refractivity contribution < 1.29 is 14.0 Å². The van der Waals surface area contributed by atoms with Gasteiger partial charge in [-0.1, -0.05) is 23.7 Å². The van der Waals surface area contributed by atoms with E-state index in [9.17, 15) is 14.0 Å². The van der Waals surface area contributed by atoms with Crippen LogP contribution in [0, 0.1) is 12.7 Å². The Hall–Kier alpha value is -2.90. The second-order valence-electron chi connectivity index (χ2n) is 7.77. The molecular weight excluding hydrogens is 449 g/mol. The fourth-order valence-electron chi connectivity index (χ4n) is 3.77. The molecule has 5 nitrogen and oxygen atoms in total. The van der Waals surface area contributed by atoms with Crippen molar-refractivity contribution in [2.75, 3.05) is 22.5 Å². The van der Waals surface area contributed by atoms with Crippen molar-refractivity contribution in [3.63, 3.8) is 0 Å². The van der Waals surface area contributed by atoms with Crippen molar-refractivity contribution in [3.05, 3.63) is 74.9 Å². The molecule has 1 aliphatic carbocycles. The van der Waals surface area contributed by atoms with Gasteiger partial charge in [0, 0.05) is 16.3 Å². The minimum absolute atomic E-state index is 0.0172. The Morgan fingerprint density at radius 1 is 1.06 bits per heavy atom. The monoisotopic (exact) mass is 471 g/mol. The van der Waals surface area contributed by atoms with Crippen LogP contribution in [0.1, 0.15) is 39.2 Å². The zero-order chi connectivity index (χ0) is 22.7. The SMILES string of the molecule is Cc1cccc(NC(=O)c2c(NC(=O)CNc3ccc(F)c(Cl)c3)sc3c2CCCC3)c1. The molecule has 3 N–H and O–H groups in total. The molecule has 166 valence electrons. The number of carbonyl (C=O) groups is 2. The van der Waals surface area contributed by atoms with Gasteiger partial charge in [-0.2, -0.15) is 0 Å². The van der Waals surface area contributed by atoms with Crippen LogP contribution in [0.15, 0.2) is 42.5 Å². The number of rotatable bonds is 6. The summed E-state index contributed by atoms with van der Waals surface area (Å²) in [5.41, 5.74) is 3.88. The third-order valence-corrected chi connectivity index (χ3v) is 6.80. The molecule has 4 rings (SSSR count). The smallest absolute Gasteiger partial charge is 0.258 e. The Balaban J connectivity index is 1.51. The number of anilines is 3. The van der Waals surface area contributed by atoms with Crippen LogP contribution in [-0.4, -0.2) is 18.4 Å². The highest BCUT2D eigenvalue weighted by molar-refractivity contribution is 7.17. The summed E-state index contributed by atoms with van der Waals surface area (Å²) in [5, 5.41) is 9.33. The van der Waals surface area contributed by atoms with Gasteiger partial charge in [0.05, 0.1) is 17.1 Å². The van der Waals surface area contributed by atoms with E-state index in [4.69, 9.17) is 11.6 Å². The van der Waals surface area contributed by atoms with E-state index < -0.39 is 5.82 Å². The fourth-order valence-corrected chi connectivity index (χ4v) is 5.25. The lowest BCUT2D eigenvalue weighted by Crippen LogP contribution is -2.23. The molecule has 2 amide bonds. The van der Waals surface area contributed by atoms with Crippen LogP contribution in [0.3, 0.4) is 0 Å². The summed E-state index contributed by atoms with van der Waals surface area (Å²) in [4.78, 5) is 27.0. The van der Waals surface area contributed by atoms with E-state index in [-0.39, 0.29) is 23.4 Å². The molecule has 0 spiro atoms. The van der Waals surface area contributed by atoms with Gasteiger partial charge >= 0.3 is 0 Å². The zero-order valence-electron chi connectivity index (χ0n) is 17.6. The van der Waals surface area contributed by atoms with Crippen molar-refractivity contribution in [2.24, 2.45) is 0 Å². The molecule has 8 heteroatoms. The van der Waals surface area contributed by atoms with Crippen LogP contribution in [0.2, 0.25) is 5.02 Å². The largest absolute Gasteiger partial charge is 0.376 e. The molecule has 1 aliphatic rings. The first kappa shape index (κ1) is 22.3. The second kappa shape index (κ2) is 9.71. The third kappa shape index (κ3) is 5.11. The van der Waals surface area contributed by atoms with Crippen LogP contribution in [-0.2, 0) is 17.6 Å². The van der Waals surface area contributed by atoms with Gasteiger partial charge in [0.15, 0.2) is 0 Å². The minimum atomic E-state index is -0.518. The molecule has 0 atom stereocenters. The normalized spacial score (nSPS) is 12.7. The van der Waals surface area contributed by atoms with Gasteiger partial charge in [0.2, 0.25) is 5.91 Å². The number of amides is 2. The van der Waals surface area contributed by atoms with E-state index in [1.165, 1.54) is 29.5 Å². The summed E-state index contributed by atoms with van der Waals surface area (Å²) < 4.78 is 13.3. The summed E-state index contributed by atoms with van der Waals surface area (Å²) in [6.45, 7) is 1.93. The Morgan fingerprint density at radius 2 is 1.88 bits per heavy atom. The highest BCUT2D eigenvalue weighted by Crippen LogP contribution is 2.38. The quantitative estimate of drug-likeness (QED) is 0.411. The molecule has 1 heterocycles. The standard InChI is InChI=1S/C24H23ClFN3O2S/c1-14-5-4-6-16(11-14)28-23(31)22-17-7-2-3-8-20(17)32-24(22)29-21(30)13-27-15-9-10-19(26)18(25)12-15/h4-6,9-12,27H,2-3,7-8,13H2,1H3,(H,28,31)(H,29,30). The lowest BCUT2D eigenvalue weighted by Gasteiger charge is -2.14. The number of aryl methyl sites for hydroxylation is 2. The van der Waals surface area contributed by atoms with Gasteiger partial charge < -0.3 is 16.0 Å². The first-order valence-electron chi connectivity index (χ1n) is 10.4. The number of halogens is 2. The Labute approximate surface area is 195 Å². The summed E-state index contributed by atoms with van der Waals surface area (Å²) in [6, 6.07) is 11.8. The van der Waals surface area contributed by atoms with Crippen LogP contribution in [0.4, 0.5) is 20.8 Å². The first-order chi connectivity index (χ1) is 15.4. The minimum Gasteiger partial charge on any atom is -0.376 e. The van der Waals surface area contributed by atoms with E-state index in [1.54, 1.807) is 0 Å². The van der Waals surface area contributed by atoms with Crippen LogP contribution in [0.5, 0.6) is 0 Å². The van der Waals surface area contributed by atoms with Crippen molar-refractivity contribution in [2.45, 2.75) is 32.6 Å². The molecule has 0 saturated carbocycles.